The van der Waals surface area contributed by atoms with Gasteiger partial charge >= 0.3 is 0 Å². The Morgan fingerprint density at radius 2 is 2.04 bits per heavy atom. The molecule has 1 aromatic heterocycles. The quantitative estimate of drug-likeness (QED) is 0.871. The van der Waals surface area contributed by atoms with E-state index in [0.717, 1.165) is 16.9 Å². The second-order valence-corrected chi connectivity index (χ2v) is 6.19. The fourth-order valence-electron chi connectivity index (χ4n) is 3.07. The summed E-state index contributed by atoms with van der Waals surface area (Å²) in [6.07, 6.45) is -0.205. The molecule has 1 fully saturated rings. The Kier molecular flexibility index (Phi) is 5.06. The van der Waals surface area contributed by atoms with Crippen molar-refractivity contribution >= 4 is 5.82 Å². The number of phenolic OH excluding ortho intramolecular Hbond substituents is 1. The predicted molar refractivity (Wildman–Crippen MR) is 94.2 cm³/mol. The molecule has 2 heterocycles. The van der Waals surface area contributed by atoms with Crippen molar-refractivity contribution in [3.05, 3.63) is 29.3 Å². The fourth-order valence-corrected chi connectivity index (χ4v) is 3.07. The first-order valence-corrected chi connectivity index (χ1v) is 8.23. The number of rotatable bonds is 4. The van der Waals surface area contributed by atoms with Crippen molar-refractivity contribution in [2.45, 2.75) is 20.0 Å². The molecule has 0 amide bonds. The number of anilines is 1. The minimum Gasteiger partial charge on any atom is -0.507 e. The Morgan fingerprint density at radius 1 is 1.24 bits per heavy atom. The fraction of sp³-hybridized carbons (Fsp3) is 0.444. The molecule has 1 saturated heterocycles. The van der Waals surface area contributed by atoms with Gasteiger partial charge in [0, 0.05) is 24.7 Å². The summed E-state index contributed by atoms with van der Waals surface area (Å²) in [7, 11) is 1.57. The van der Waals surface area contributed by atoms with Crippen LogP contribution >= 0.6 is 0 Å². The van der Waals surface area contributed by atoms with Crippen LogP contribution in [0.2, 0.25) is 0 Å². The predicted octanol–water partition coefficient (Wildman–Crippen LogP) is 1.67. The van der Waals surface area contributed by atoms with Crippen LogP contribution in [0.5, 0.6) is 11.5 Å². The van der Waals surface area contributed by atoms with Crippen molar-refractivity contribution in [2.75, 3.05) is 38.3 Å². The molecule has 134 valence electrons. The molecule has 1 aliphatic heterocycles. The van der Waals surface area contributed by atoms with Gasteiger partial charge in [-0.3, -0.25) is 0 Å². The Balaban J connectivity index is 1.93. The zero-order valence-electron chi connectivity index (χ0n) is 14.7. The molecule has 7 heteroatoms. The van der Waals surface area contributed by atoms with E-state index in [-0.39, 0.29) is 18.5 Å². The van der Waals surface area contributed by atoms with Crippen LogP contribution in [-0.4, -0.2) is 59.9 Å². The lowest BCUT2D eigenvalue weighted by Gasteiger charge is -2.32. The molecule has 25 heavy (non-hydrogen) atoms. The highest BCUT2D eigenvalue weighted by Crippen LogP contribution is 2.36. The van der Waals surface area contributed by atoms with Crippen molar-refractivity contribution in [1.82, 2.24) is 10.2 Å². The van der Waals surface area contributed by atoms with Crippen LogP contribution in [0.3, 0.4) is 0 Å². The van der Waals surface area contributed by atoms with Crippen LogP contribution < -0.4 is 9.64 Å². The molecule has 2 N–H and O–H groups in total. The Morgan fingerprint density at radius 3 is 2.68 bits per heavy atom. The third-order valence-corrected chi connectivity index (χ3v) is 4.40. The van der Waals surface area contributed by atoms with Crippen LogP contribution in [-0.2, 0) is 4.74 Å². The molecule has 0 aliphatic carbocycles. The van der Waals surface area contributed by atoms with Gasteiger partial charge in [-0.05, 0) is 37.1 Å². The molecule has 1 aliphatic rings. The molecule has 3 rings (SSSR count). The number of ether oxygens (including phenoxy) is 2. The molecule has 2 aromatic rings. The number of phenols is 1. The Labute approximate surface area is 146 Å². The summed E-state index contributed by atoms with van der Waals surface area (Å²) in [5.41, 5.74) is 3.09. The van der Waals surface area contributed by atoms with Gasteiger partial charge in [0.15, 0.2) is 5.82 Å². The number of hydrogen-bond acceptors (Lipinski definition) is 7. The standard InChI is InChI=1S/C18H23N3O4/c1-11-6-13(24-3)8-15(23)17(11)18-12(2)7-16(19-20-18)21-4-5-25-14(9-21)10-22/h6-8,14,22-23H,4-5,9-10H2,1-3H3/t14-/m0/s1. The minimum atomic E-state index is -0.205. The van der Waals surface area contributed by atoms with E-state index in [2.05, 4.69) is 15.1 Å². The number of aromatic hydroxyl groups is 1. The molecule has 0 spiro atoms. The van der Waals surface area contributed by atoms with Crippen LogP contribution in [0.1, 0.15) is 11.1 Å². The first-order valence-electron chi connectivity index (χ1n) is 8.23. The van der Waals surface area contributed by atoms with Gasteiger partial charge in [-0.2, -0.15) is 0 Å². The highest BCUT2D eigenvalue weighted by molar-refractivity contribution is 5.74. The van der Waals surface area contributed by atoms with Gasteiger partial charge in [0.25, 0.3) is 0 Å². The van der Waals surface area contributed by atoms with Crippen molar-refractivity contribution < 1.29 is 19.7 Å². The summed E-state index contributed by atoms with van der Waals surface area (Å²) in [6, 6.07) is 5.38. The van der Waals surface area contributed by atoms with Crippen LogP contribution in [0.25, 0.3) is 11.3 Å². The highest BCUT2D eigenvalue weighted by atomic mass is 16.5. The third kappa shape index (κ3) is 3.52. The molecule has 0 saturated carbocycles. The maximum absolute atomic E-state index is 10.4. The second-order valence-electron chi connectivity index (χ2n) is 6.19. The van der Waals surface area contributed by atoms with Crippen molar-refractivity contribution in [2.24, 2.45) is 0 Å². The number of benzene rings is 1. The zero-order chi connectivity index (χ0) is 18.0. The summed E-state index contributed by atoms with van der Waals surface area (Å²) in [5, 5.41) is 28.3. The van der Waals surface area contributed by atoms with E-state index in [1.165, 1.54) is 0 Å². The second kappa shape index (κ2) is 7.25. The number of aliphatic hydroxyl groups excluding tert-OH is 1. The lowest BCUT2D eigenvalue weighted by molar-refractivity contribution is 0.00332. The first kappa shape index (κ1) is 17.4. The highest BCUT2D eigenvalue weighted by Gasteiger charge is 2.22. The maximum Gasteiger partial charge on any atom is 0.151 e. The Hall–Kier alpha value is -2.38. The van der Waals surface area contributed by atoms with Gasteiger partial charge in [0.2, 0.25) is 0 Å². The minimum absolute atomic E-state index is 0.0140. The summed E-state index contributed by atoms with van der Waals surface area (Å²) in [5.74, 6) is 1.46. The average molecular weight is 345 g/mol. The van der Waals surface area contributed by atoms with Gasteiger partial charge in [0.05, 0.1) is 32.1 Å². The van der Waals surface area contributed by atoms with E-state index in [0.29, 0.717) is 36.7 Å². The number of hydrogen-bond donors (Lipinski definition) is 2. The largest absolute Gasteiger partial charge is 0.507 e. The maximum atomic E-state index is 10.4. The van der Waals surface area contributed by atoms with Gasteiger partial charge in [-0.15, -0.1) is 10.2 Å². The van der Waals surface area contributed by atoms with Crippen molar-refractivity contribution in [3.63, 3.8) is 0 Å². The van der Waals surface area contributed by atoms with E-state index in [9.17, 15) is 10.2 Å². The van der Waals surface area contributed by atoms with Gasteiger partial charge in [0.1, 0.15) is 11.5 Å². The molecule has 0 radical (unpaired) electrons. The number of aromatic nitrogens is 2. The van der Waals surface area contributed by atoms with E-state index in [1.807, 2.05) is 26.0 Å². The lowest BCUT2D eigenvalue weighted by atomic mass is 10.0. The smallest absolute Gasteiger partial charge is 0.151 e. The Bertz CT molecular complexity index is 743. The van der Waals surface area contributed by atoms with Gasteiger partial charge < -0.3 is 24.6 Å². The van der Waals surface area contributed by atoms with Gasteiger partial charge in [-0.25, -0.2) is 0 Å². The molecular formula is C18H23N3O4. The average Bonchev–Trinajstić information content (AvgIpc) is 2.62. The first-order chi connectivity index (χ1) is 12.0. The number of aliphatic hydroxyl groups is 1. The van der Waals surface area contributed by atoms with E-state index in [4.69, 9.17) is 9.47 Å². The normalized spacial score (nSPS) is 17.6. The number of aryl methyl sites for hydroxylation is 2. The molecule has 0 bridgehead atoms. The van der Waals surface area contributed by atoms with E-state index < -0.39 is 0 Å². The van der Waals surface area contributed by atoms with Crippen LogP contribution in [0.4, 0.5) is 5.82 Å². The number of morpholine rings is 1. The van der Waals surface area contributed by atoms with Crippen molar-refractivity contribution in [1.29, 1.82) is 0 Å². The molecular weight excluding hydrogens is 322 g/mol. The topological polar surface area (TPSA) is 87.9 Å². The molecule has 1 aromatic carbocycles. The summed E-state index contributed by atoms with van der Waals surface area (Å²) < 4.78 is 10.7. The molecule has 7 nitrogen and oxygen atoms in total. The zero-order valence-corrected chi connectivity index (χ0v) is 14.7. The van der Waals surface area contributed by atoms with Crippen molar-refractivity contribution in [3.8, 4) is 22.8 Å². The monoisotopic (exact) mass is 345 g/mol. The molecule has 1 atom stereocenters. The van der Waals surface area contributed by atoms with Gasteiger partial charge in [-0.1, -0.05) is 0 Å². The van der Waals surface area contributed by atoms with E-state index in [1.54, 1.807) is 13.2 Å². The molecule has 0 unspecified atom stereocenters. The third-order valence-electron chi connectivity index (χ3n) is 4.40. The summed E-state index contributed by atoms with van der Waals surface area (Å²) in [6.45, 7) is 5.67. The number of nitrogens with zero attached hydrogens (tertiary/aromatic N) is 3. The summed E-state index contributed by atoms with van der Waals surface area (Å²) >= 11 is 0. The SMILES string of the molecule is COc1cc(C)c(-c2nnc(N3CCO[C@H](CO)C3)cc2C)c(O)c1. The number of methoxy groups -OCH3 is 1. The van der Waals surface area contributed by atoms with Crippen LogP contribution in [0, 0.1) is 13.8 Å². The summed E-state index contributed by atoms with van der Waals surface area (Å²) in [4.78, 5) is 2.05. The lowest BCUT2D eigenvalue weighted by Crippen LogP contribution is -2.44. The van der Waals surface area contributed by atoms with E-state index >= 15 is 0 Å². The van der Waals surface area contributed by atoms with Crippen LogP contribution in [0.15, 0.2) is 18.2 Å².